The van der Waals surface area contributed by atoms with Gasteiger partial charge in [0, 0.05) is 25.0 Å². The average Bonchev–Trinajstić information content (AvgIpc) is 2.79. The maximum Gasteiger partial charge on any atom is 0.341 e. The normalized spacial score (nSPS) is 19.4. The Morgan fingerprint density at radius 3 is 2.95 bits per heavy atom. The number of pyridine rings is 1. The summed E-state index contributed by atoms with van der Waals surface area (Å²) in [4.78, 5) is 14.2. The summed E-state index contributed by atoms with van der Waals surface area (Å²) in [5.41, 5.74) is 2.79. The molecule has 2 aromatic rings. The van der Waals surface area contributed by atoms with Gasteiger partial charge in [0.05, 0.1) is 36.9 Å². The minimum atomic E-state index is -0.322. The van der Waals surface area contributed by atoms with Crippen LogP contribution in [-0.4, -0.2) is 48.5 Å². The van der Waals surface area contributed by atoms with Crippen molar-refractivity contribution in [3.63, 3.8) is 0 Å². The molecule has 0 aromatic carbocycles. The van der Waals surface area contributed by atoms with Gasteiger partial charge in [0.2, 0.25) is 0 Å². The predicted molar refractivity (Wildman–Crippen MR) is 76.6 cm³/mol. The summed E-state index contributed by atoms with van der Waals surface area (Å²) in [6.45, 7) is 5.94. The van der Waals surface area contributed by atoms with E-state index in [2.05, 4.69) is 10.00 Å². The second-order valence-electron chi connectivity index (χ2n) is 5.84. The molecule has 0 unspecified atom stereocenters. The average molecular weight is 287 g/mol. The fourth-order valence-corrected chi connectivity index (χ4v) is 3.05. The van der Waals surface area contributed by atoms with Crippen LogP contribution in [-0.2, 0) is 9.47 Å². The van der Waals surface area contributed by atoms with Gasteiger partial charge >= 0.3 is 5.97 Å². The number of fused-ring (bicyclic) bond motifs is 1. The summed E-state index contributed by atoms with van der Waals surface area (Å²) >= 11 is 0. The van der Waals surface area contributed by atoms with Crippen LogP contribution in [0.2, 0.25) is 0 Å². The zero-order chi connectivity index (χ0) is 14.4. The Hall–Kier alpha value is -2.08. The molecule has 2 saturated heterocycles. The number of hydrogen-bond donors (Lipinski definition) is 0. The zero-order valence-electron chi connectivity index (χ0n) is 11.9. The monoisotopic (exact) mass is 287 g/mol. The molecule has 0 bridgehead atoms. The Bertz CT molecular complexity index is 697. The molecule has 21 heavy (non-hydrogen) atoms. The second-order valence-corrected chi connectivity index (χ2v) is 5.84. The van der Waals surface area contributed by atoms with Crippen molar-refractivity contribution in [2.24, 2.45) is 5.41 Å². The highest BCUT2D eigenvalue weighted by Crippen LogP contribution is 2.40. The van der Waals surface area contributed by atoms with Gasteiger partial charge in [-0.3, -0.25) is 0 Å². The zero-order valence-corrected chi connectivity index (χ0v) is 11.9. The number of esters is 1. The fourth-order valence-electron chi connectivity index (χ4n) is 3.05. The predicted octanol–water partition coefficient (Wildman–Crippen LogP) is 1.35. The molecule has 2 aliphatic heterocycles. The smallest absolute Gasteiger partial charge is 0.341 e. The van der Waals surface area contributed by atoms with Crippen LogP contribution in [0.4, 0.5) is 5.69 Å². The second kappa shape index (κ2) is 4.46. The number of nitrogens with zero attached hydrogens (tertiary/aromatic N) is 3. The summed E-state index contributed by atoms with van der Waals surface area (Å²) in [6, 6.07) is 4.03. The number of rotatable bonds is 3. The summed E-state index contributed by atoms with van der Waals surface area (Å²) < 4.78 is 12.1. The van der Waals surface area contributed by atoms with Gasteiger partial charge in [-0.1, -0.05) is 0 Å². The summed E-state index contributed by atoms with van der Waals surface area (Å²) in [5.74, 6) is -0.322. The Balaban J connectivity index is 1.62. The highest BCUT2D eigenvalue weighted by atomic mass is 16.5. The van der Waals surface area contributed by atoms with Crippen LogP contribution in [0, 0.1) is 5.41 Å². The van der Waals surface area contributed by atoms with Gasteiger partial charge in [0.15, 0.2) is 0 Å². The lowest BCUT2D eigenvalue weighted by atomic mass is 9.78. The molecule has 4 heterocycles. The lowest BCUT2D eigenvalue weighted by Gasteiger charge is -2.56. The third kappa shape index (κ3) is 1.90. The molecule has 2 aliphatic rings. The van der Waals surface area contributed by atoms with Crippen molar-refractivity contribution in [1.82, 2.24) is 9.61 Å². The molecule has 2 fully saturated rings. The topological polar surface area (TPSA) is 56.1 Å². The number of hydrogen-bond acceptors (Lipinski definition) is 5. The minimum Gasteiger partial charge on any atom is -0.462 e. The maximum atomic E-state index is 11.9. The van der Waals surface area contributed by atoms with E-state index in [0.29, 0.717) is 17.6 Å². The molecule has 1 spiro atoms. The van der Waals surface area contributed by atoms with Crippen LogP contribution < -0.4 is 4.90 Å². The molecular formula is C15H17N3O3. The molecule has 0 atom stereocenters. The van der Waals surface area contributed by atoms with Crippen molar-refractivity contribution < 1.29 is 14.3 Å². The number of carbonyl (C=O) groups is 1. The number of ether oxygens (including phenoxy) is 2. The third-order valence-electron chi connectivity index (χ3n) is 4.23. The van der Waals surface area contributed by atoms with Gasteiger partial charge in [0.25, 0.3) is 0 Å². The summed E-state index contributed by atoms with van der Waals surface area (Å²) in [6.07, 6.45) is 3.45. The standard InChI is InChI=1S/C15H17N3O3/c1-2-21-14(19)12-6-16-18-4-3-11(5-13(12)18)17-7-15(8-17)9-20-10-15/h3-6H,2,7-10H2,1H3. The highest BCUT2D eigenvalue weighted by molar-refractivity contribution is 5.97. The van der Waals surface area contributed by atoms with Crippen molar-refractivity contribution in [3.05, 3.63) is 30.1 Å². The van der Waals surface area contributed by atoms with Crippen LogP contribution in [0.15, 0.2) is 24.5 Å². The first-order valence-electron chi connectivity index (χ1n) is 7.18. The molecule has 0 amide bonds. The van der Waals surface area contributed by atoms with Crippen molar-refractivity contribution >= 4 is 17.2 Å². The molecule has 0 aliphatic carbocycles. The quantitative estimate of drug-likeness (QED) is 0.798. The van der Waals surface area contributed by atoms with E-state index in [9.17, 15) is 4.79 Å². The van der Waals surface area contributed by atoms with Gasteiger partial charge in [-0.25, -0.2) is 9.31 Å². The van der Waals surface area contributed by atoms with Crippen LogP contribution in [0.25, 0.3) is 5.52 Å². The van der Waals surface area contributed by atoms with Crippen LogP contribution in [0.3, 0.4) is 0 Å². The summed E-state index contributed by atoms with van der Waals surface area (Å²) in [5, 5.41) is 4.20. The molecule has 0 saturated carbocycles. The van der Waals surface area contributed by atoms with Crippen LogP contribution in [0.1, 0.15) is 17.3 Å². The van der Waals surface area contributed by atoms with Crippen molar-refractivity contribution in [3.8, 4) is 0 Å². The van der Waals surface area contributed by atoms with E-state index in [-0.39, 0.29) is 5.97 Å². The molecule has 2 aromatic heterocycles. The lowest BCUT2D eigenvalue weighted by molar-refractivity contribution is -0.127. The first-order chi connectivity index (χ1) is 10.2. The van der Waals surface area contributed by atoms with Crippen molar-refractivity contribution in [1.29, 1.82) is 0 Å². The van der Waals surface area contributed by atoms with E-state index in [1.54, 1.807) is 17.6 Å². The van der Waals surface area contributed by atoms with Gasteiger partial charge in [0.1, 0.15) is 5.56 Å². The van der Waals surface area contributed by atoms with E-state index in [1.807, 2.05) is 18.3 Å². The fraction of sp³-hybridized carbons (Fsp3) is 0.467. The Morgan fingerprint density at radius 1 is 1.48 bits per heavy atom. The number of anilines is 1. The van der Waals surface area contributed by atoms with Gasteiger partial charge in [-0.15, -0.1) is 0 Å². The van der Waals surface area contributed by atoms with E-state index in [0.717, 1.165) is 37.5 Å². The molecule has 0 radical (unpaired) electrons. The third-order valence-corrected chi connectivity index (χ3v) is 4.23. The number of aromatic nitrogens is 2. The first kappa shape index (κ1) is 12.6. The molecular weight excluding hydrogens is 270 g/mol. The van der Waals surface area contributed by atoms with Crippen molar-refractivity contribution in [2.45, 2.75) is 6.92 Å². The van der Waals surface area contributed by atoms with Gasteiger partial charge < -0.3 is 14.4 Å². The van der Waals surface area contributed by atoms with E-state index >= 15 is 0 Å². The van der Waals surface area contributed by atoms with Crippen LogP contribution in [0.5, 0.6) is 0 Å². The largest absolute Gasteiger partial charge is 0.462 e. The Labute approximate surface area is 122 Å². The van der Waals surface area contributed by atoms with Gasteiger partial charge in [-0.05, 0) is 19.1 Å². The minimum absolute atomic E-state index is 0.322. The Morgan fingerprint density at radius 2 is 2.29 bits per heavy atom. The molecule has 110 valence electrons. The van der Waals surface area contributed by atoms with Crippen LogP contribution >= 0.6 is 0 Å². The Kier molecular flexibility index (Phi) is 2.68. The lowest BCUT2D eigenvalue weighted by Crippen LogP contribution is -2.66. The van der Waals surface area contributed by atoms with E-state index < -0.39 is 0 Å². The molecule has 6 heteroatoms. The van der Waals surface area contributed by atoms with Crippen molar-refractivity contribution in [2.75, 3.05) is 37.8 Å². The van der Waals surface area contributed by atoms with Gasteiger partial charge in [-0.2, -0.15) is 5.10 Å². The molecule has 6 nitrogen and oxygen atoms in total. The first-order valence-corrected chi connectivity index (χ1v) is 7.18. The van der Waals surface area contributed by atoms with E-state index in [1.165, 1.54) is 0 Å². The van der Waals surface area contributed by atoms with E-state index in [4.69, 9.17) is 9.47 Å². The summed E-state index contributed by atoms with van der Waals surface area (Å²) in [7, 11) is 0. The molecule has 4 rings (SSSR count). The number of carbonyl (C=O) groups excluding carboxylic acids is 1. The highest BCUT2D eigenvalue weighted by Gasteiger charge is 2.49. The SMILES string of the molecule is CCOC(=O)c1cnn2ccc(N3CC4(COC4)C3)cc12. The maximum absolute atomic E-state index is 11.9. The molecule has 0 N–H and O–H groups in total.